The highest BCUT2D eigenvalue weighted by Gasteiger charge is 2.37. The lowest BCUT2D eigenvalue weighted by Gasteiger charge is -2.29. The molecule has 0 aliphatic heterocycles. The second kappa shape index (κ2) is 4.02. The van der Waals surface area contributed by atoms with Crippen LogP contribution in [0, 0.1) is 0 Å². The number of hydrogen-bond acceptors (Lipinski definition) is 2. The van der Waals surface area contributed by atoms with Crippen LogP contribution in [0.4, 0.5) is 4.39 Å². The van der Waals surface area contributed by atoms with Gasteiger partial charge in [0.25, 0.3) is 0 Å². The number of benzene rings is 1. The Morgan fingerprint density at radius 3 is 2.75 bits per heavy atom. The molecule has 3 heteroatoms. The Balaban J connectivity index is 2.54. The van der Waals surface area contributed by atoms with Gasteiger partial charge in [-0.3, -0.25) is 4.79 Å². The molecule has 2 nitrogen and oxygen atoms in total. The summed E-state index contributed by atoms with van der Waals surface area (Å²) >= 11 is 0. The zero-order valence-electron chi connectivity index (χ0n) is 8.64. The molecule has 1 aromatic rings. The fourth-order valence-electron chi connectivity index (χ4n) is 1.85. The number of aldehydes is 1. The maximum Gasteiger partial charge on any atom is 0.173 e. The summed E-state index contributed by atoms with van der Waals surface area (Å²) in [4.78, 5) is 10.9. The van der Waals surface area contributed by atoms with Crippen LogP contribution in [0.25, 0.3) is 0 Å². The number of hydrogen-bond donors (Lipinski definition) is 1. The quantitative estimate of drug-likeness (QED) is 0.771. The van der Waals surface area contributed by atoms with Crippen LogP contribution in [-0.4, -0.2) is 12.3 Å². The SMILES string of the molecule is NC1C=CC=CC1(F)c1ccccc1C=O. The maximum absolute atomic E-state index is 14.7. The first kappa shape index (κ1) is 10.8. The van der Waals surface area contributed by atoms with E-state index in [0.29, 0.717) is 17.4 Å². The highest BCUT2D eigenvalue weighted by molar-refractivity contribution is 5.78. The summed E-state index contributed by atoms with van der Waals surface area (Å²) in [5, 5.41) is 0. The third-order valence-electron chi connectivity index (χ3n) is 2.75. The third kappa shape index (κ3) is 1.59. The van der Waals surface area contributed by atoms with Crippen molar-refractivity contribution >= 4 is 6.29 Å². The van der Waals surface area contributed by atoms with Gasteiger partial charge in [-0.25, -0.2) is 4.39 Å². The van der Waals surface area contributed by atoms with Crippen molar-refractivity contribution in [3.8, 4) is 0 Å². The molecule has 82 valence electrons. The molecule has 1 aliphatic carbocycles. The van der Waals surface area contributed by atoms with Crippen LogP contribution in [0.3, 0.4) is 0 Å². The first-order valence-electron chi connectivity index (χ1n) is 5.03. The van der Waals surface area contributed by atoms with E-state index in [9.17, 15) is 9.18 Å². The van der Waals surface area contributed by atoms with Crippen molar-refractivity contribution in [1.29, 1.82) is 0 Å². The number of carbonyl (C=O) groups excluding carboxylic acids is 1. The molecule has 2 unspecified atom stereocenters. The van der Waals surface area contributed by atoms with Crippen molar-refractivity contribution in [3.63, 3.8) is 0 Å². The molecule has 0 aromatic heterocycles. The molecule has 16 heavy (non-hydrogen) atoms. The van der Waals surface area contributed by atoms with Crippen molar-refractivity contribution in [2.75, 3.05) is 0 Å². The molecule has 2 atom stereocenters. The van der Waals surface area contributed by atoms with Crippen LogP contribution in [0.5, 0.6) is 0 Å². The molecule has 1 aliphatic rings. The summed E-state index contributed by atoms with van der Waals surface area (Å²) in [6.45, 7) is 0. The van der Waals surface area contributed by atoms with Gasteiger partial charge in [0.1, 0.15) is 6.29 Å². The Morgan fingerprint density at radius 1 is 1.31 bits per heavy atom. The Bertz CT molecular complexity index is 467. The number of carbonyl (C=O) groups is 1. The summed E-state index contributed by atoms with van der Waals surface area (Å²) in [7, 11) is 0. The Labute approximate surface area is 93.3 Å². The summed E-state index contributed by atoms with van der Waals surface area (Å²) in [5.41, 5.74) is 4.59. The number of nitrogens with two attached hydrogens (primary N) is 1. The molecule has 0 saturated heterocycles. The number of allylic oxidation sites excluding steroid dienone is 2. The standard InChI is InChI=1S/C13H12FNO/c14-13(8-4-3-7-12(13)15)11-6-2-1-5-10(11)9-16/h1-9,12H,15H2. The molecule has 0 heterocycles. The monoisotopic (exact) mass is 217 g/mol. The molecule has 0 radical (unpaired) electrons. The molecule has 2 rings (SSSR count). The van der Waals surface area contributed by atoms with Gasteiger partial charge in [0, 0.05) is 11.1 Å². The summed E-state index contributed by atoms with van der Waals surface area (Å²) in [6, 6.07) is 5.81. The predicted molar refractivity (Wildman–Crippen MR) is 60.9 cm³/mol. The summed E-state index contributed by atoms with van der Waals surface area (Å²) in [5.74, 6) is 0. The van der Waals surface area contributed by atoms with Crippen molar-refractivity contribution < 1.29 is 9.18 Å². The van der Waals surface area contributed by atoms with Gasteiger partial charge in [0.2, 0.25) is 0 Å². The lowest BCUT2D eigenvalue weighted by atomic mass is 9.83. The zero-order chi connectivity index (χ0) is 11.6. The molecule has 0 fully saturated rings. The van der Waals surface area contributed by atoms with Gasteiger partial charge in [-0.15, -0.1) is 0 Å². The first-order chi connectivity index (χ1) is 7.68. The van der Waals surface area contributed by atoms with Crippen molar-refractivity contribution in [1.82, 2.24) is 0 Å². The topological polar surface area (TPSA) is 43.1 Å². The lowest BCUT2D eigenvalue weighted by molar-refractivity contribution is 0.111. The predicted octanol–water partition coefficient (Wildman–Crippen LogP) is 2.12. The Hall–Kier alpha value is -1.74. The fourth-order valence-corrected chi connectivity index (χ4v) is 1.85. The van der Waals surface area contributed by atoms with E-state index in [2.05, 4.69) is 0 Å². The van der Waals surface area contributed by atoms with Gasteiger partial charge in [-0.05, 0) is 6.08 Å². The minimum Gasteiger partial charge on any atom is -0.321 e. The van der Waals surface area contributed by atoms with Gasteiger partial charge in [-0.1, -0.05) is 42.5 Å². The molecular formula is C13H12FNO. The molecule has 0 amide bonds. The van der Waals surface area contributed by atoms with Crippen LogP contribution >= 0.6 is 0 Å². The molecule has 2 N–H and O–H groups in total. The van der Waals surface area contributed by atoms with Gasteiger partial charge in [0.05, 0.1) is 6.04 Å². The van der Waals surface area contributed by atoms with Gasteiger partial charge in [0.15, 0.2) is 5.67 Å². The number of halogens is 1. The van der Waals surface area contributed by atoms with E-state index >= 15 is 0 Å². The third-order valence-corrected chi connectivity index (χ3v) is 2.75. The highest BCUT2D eigenvalue weighted by atomic mass is 19.1. The Morgan fingerprint density at radius 2 is 2.06 bits per heavy atom. The van der Waals surface area contributed by atoms with Gasteiger partial charge < -0.3 is 5.73 Å². The van der Waals surface area contributed by atoms with Gasteiger partial charge >= 0.3 is 0 Å². The van der Waals surface area contributed by atoms with E-state index in [1.807, 2.05) is 0 Å². The van der Waals surface area contributed by atoms with Crippen LogP contribution in [0.15, 0.2) is 48.6 Å². The fraction of sp³-hybridized carbons (Fsp3) is 0.154. The maximum atomic E-state index is 14.7. The van der Waals surface area contributed by atoms with Crippen LogP contribution in [0.1, 0.15) is 15.9 Å². The van der Waals surface area contributed by atoms with Crippen LogP contribution < -0.4 is 5.73 Å². The zero-order valence-corrected chi connectivity index (χ0v) is 8.64. The lowest BCUT2D eigenvalue weighted by Crippen LogP contribution is -2.40. The smallest absolute Gasteiger partial charge is 0.173 e. The van der Waals surface area contributed by atoms with Gasteiger partial charge in [-0.2, -0.15) is 0 Å². The largest absolute Gasteiger partial charge is 0.321 e. The average Bonchev–Trinajstić information content (AvgIpc) is 2.33. The number of alkyl halides is 1. The van der Waals surface area contributed by atoms with Crippen molar-refractivity contribution in [2.45, 2.75) is 11.7 Å². The second-order valence-electron chi connectivity index (χ2n) is 3.74. The van der Waals surface area contributed by atoms with E-state index in [1.54, 1.807) is 42.5 Å². The van der Waals surface area contributed by atoms with Crippen LogP contribution in [-0.2, 0) is 5.67 Å². The van der Waals surface area contributed by atoms with Crippen molar-refractivity contribution in [2.24, 2.45) is 5.73 Å². The molecule has 1 aromatic carbocycles. The number of rotatable bonds is 2. The normalized spacial score (nSPS) is 28.0. The summed E-state index contributed by atoms with van der Waals surface area (Å²) in [6.07, 6.45) is 6.92. The van der Waals surface area contributed by atoms with E-state index in [1.165, 1.54) is 6.08 Å². The molecule has 0 saturated carbocycles. The van der Waals surface area contributed by atoms with Crippen LogP contribution in [0.2, 0.25) is 0 Å². The van der Waals surface area contributed by atoms with E-state index < -0.39 is 11.7 Å². The minimum atomic E-state index is -1.80. The van der Waals surface area contributed by atoms with E-state index in [-0.39, 0.29) is 0 Å². The van der Waals surface area contributed by atoms with Crippen molar-refractivity contribution in [3.05, 3.63) is 59.7 Å². The molecule has 0 bridgehead atoms. The first-order valence-corrected chi connectivity index (χ1v) is 5.03. The van der Waals surface area contributed by atoms with E-state index in [4.69, 9.17) is 5.73 Å². The Kier molecular flexibility index (Phi) is 2.71. The molecule has 0 spiro atoms. The molecular weight excluding hydrogens is 205 g/mol. The second-order valence-corrected chi connectivity index (χ2v) is 3.74. The highest BCUT2D eigenvalue weighted by Crippen LogP contribution is 2.34. The summed E-state index contributed by atoms with van der Waals surface area (Å²) < 4.78 is 14.7. The average molecular weight is 217 g/mol. The van der Waals surface area contributed by atoms with E-state index in [0.717, 1.165) is 0 Å². The minimum absolute atomic E-state index is 0.318.